The second kappa shape index (κ2) is 8.26. The van der Waals surface area contributed by atoms with Crippen molar-refractivity contribution in [3.63, 3.8) is 0 Å². The minimum Gasteiger partial charge on any atom is -0.508 e. The van der Waals surface area contributed by atoms with Gasteiger partial charge in [0.2, 0.25) is 0 Å². The summed E-state index contributed by atoms with van der Waals surface area (Å²) in [5.74, 6) is 0.257. The SMILES string of the molecule is Oc1ccc(Br)cc1[C@H]1CC(c2ccc(Cl)cc2)=N[C@@H](c2ccc(Cl)cc2)N1. The van der Waals surface area contributed by atoms with Crippen LogP contribution in [-0.4, -0.2) is 10.8 Å². The van der Waals surface area contributed by atoms with E-state index in [1.54, 1.807) is 6.07 Å². The van der Waals surface area contributed by atoms with Gasteiger partial charge in [-0.1, -0.05) is 63.4 Å². The molecule has 0 spiro atoms. The Morgan fingerprint density at radius 3 is 2.25 bits per heavy atom. The Hall–Kier alpha value is -1.85. The Labute approximate surface area is 182 Å². The number of hydrogen-bond acceptors (Lipinski definition) is 3. The van der Waals surface area contributed by atoms with Gasteiger partial charge in [0.25, 0.3) is 0 Å². The van der Waals surface area contributed by atoms with Crippen molar-refractivity contribution in [2.75, 3.05) is 0 Å². The summed E-state index contributed by atoms with van der Waals surface area (Å²) >= 11 is 15.6. The third-order valence-corrected chi connectivity index (χ3v) is 5.77. The number of phenols is 1. The molecule has 2 N–H and O–H groups in total. The van der Waals surface area contributed by atoms with E-state index in [1.165, 1.54) is 0 Å². The highest BCUT2D eigenvalue weighted by Gasteiger charge is 2.27. The highest BCUT2D eigenvalue weighted by atomic mass is 79.9. The lowest BCUT2D eigenvalue weighted by Crippen LogP contribution is -2.33. The van der Waals surface area contributed by atoms with Gasteiger partial charge in [0.05, 0.1) is 0 Å². The van der Waals surface area contributed by atoms with E-state index < -0.39 is 0 Å². The number of aromatic hydroxyl groups is 1. The van der Waals surface area contributed by atoms with Gasteiger partial charge < -0.3 is 5.11 Å². The number of halogens is 3. The summed E-state index contributed by atoms with van der Waals surface area (Å²) in [6.45, 7) is 0. The quantitative estimate of drug-likeness (QED) is 0.443. The van der Waals surface area contributed by atoms with Crippen molar-refractivity contribution in [3.8, 4) is 5.75 Å². The molecule has 142 valence electrons. The zero-order valence-electron chi connectivity index (χ0n) is 14.7. The van der Waals surface area contributed by atoms with Crippen LogP contribution in [-0.2, 0) is 0 Å². The first-order valence-electron chi connectivity index (χ1n) is 8.82. The van der Waals surface area contributed by atoms with Crippen molar-refractivity contribution in [3.05, 3.63) is 97.9 Å². The summed E-state index contributed by atoms with van der Waals surface area (Å²) in [6, 6.07) is 20.7. The molecular formula is C22H17BrCl2N2O. The average Bonchev–Trinajstić information content (AvgIpc) is 2.70. The molecular weight excluding hydrogens is 459 g/mol. The standard InChI is InChI=1S/C22H17BrCl2N2O/c23-15-5-10-21(28)18(11-15)20-12-19(13-1-6-16(24)7-2-13)26-22(27-20)14-3-8-17(25)9-4-14/h1-11,20,22,27-28H,12H2/t20-,22-/m1/s1. The number of nitrogens with one attached hydrogen (secondary N) is 1. The number of hydrogen-bond donors (Lipinski definition) is 2. The molecule has 1 aliphatic heterocycles. The number of phenolic OH excluding ortho intramolecular Hbond substituents is 1. The number of benzene rings is 3. The van der Waals surface area contributed by atoms with E-state index in [9.17, 15) is 5.11 Å². The first-order chi connectivity index (χ1) is 13.5. The van der Waals surface area contributed by atoms with Gasteiger partial charge in [-0.3, -0.25) is 10.3 Å². The first kappa shape index (κ1) is 19.5. The minimum atomic E-state index is -0.250. The molecule has 3 aromatic carbocycles. The maximum Gasteiger partial charge on any atom is 0.126 e. The van der Waals surface area contributed by atoms with Crippen LogP contribution < -0.4 is 5.32 Å². The molecule has 0 unspecified atom stereocenters. The molecule has 2 atom stereocenters. The van der Waals surface area contributed by atoms with Crippen molar-refractivity contribution in [1.82, 2.24) is 5.32 Å². The number of rotatable bonds is 3. The van der Waals surface area contributed by atoms with Crippen molar-refractivity contribution in [2.24, 2.45) is 4.99 Å². The van der Waals surface area contributed by atoms with Crippen LogP contribution >= 0.6 is 39.1 Å². The van der Waals surface area contributed by atoms with Crippen molar-refractivity contribution >= 4 is 44.8 Å². The Morgan fingerprint density at radius 1 is 0.929 bits per heavy atom. The minimum absolute atomic E-state index is 0.0960. The van der Waals surface area contributed by atoms with Gasteiger partial charge in [-0.05, 0) is 53.6 Å². The van der Waals surface area contributed by atoms with Crippen LogP contribution in [0.5, 0.6) is 5.75 Å². The Balaban J connectivity index is 1.76. The summed E-state index contributed by atoms with van der Waals surface area (Å²) in [7, 11) is 0. The lowest BCUT2D eigenvalue weighted by Gasteiger charge is -2.31. The third-order valence-electron chi connectivity index (χ3n) is 4.77. The highest BCUT2D eigenvalue weighted by molar-refractivity contribution is 9.10. The second-order valence-electron chi connectivity index (χ2n) is 6.66. The summed E-state index contributed by atoms with van der Waals surface area (Å²) in [5.41, 5.74) is 3.81. The van der Waals surface area contributed by atoms with Crippen LogP contribution in [0, 0.1) is 0 Å². The molecule has 0 saturated carbocycles. The monoisotopic (exact) mass is 474 g/mol. The number of aliphatic imine (C=N–C) groups is 1. The molecule has 0 amide bonds. The fourth-order valence-electron chi connectivity index (χ4n) is 3.34. The van der Waals surface area contributed by atoms with E-state index >= 15 is 0 Å². The van der Waals surface area contributed by atoms with Crippen LogP contribution in [0.25, 0.3) is 0 Å². The maximum absolute atomic E-state index is 10.4. The Morgan fingerprint density at radius 2 is 1.57 bits per heavy atom. The number of nitrogens with zero attached hydrogens (tertiary/aromatic N) is 1. The maximum atomic E-state index is 10.4. The van der Waals surface area contributed by atoms with E-state index in [0.717, 1.165) is 26.9 Å². The zero-order valence-corrected chi connectivity index (χ0v) is 17.8. The molecule has 1 heterocycles. The normalized spacial score (nSPS) is 19.3. The summed E-state index contributed by atoms with van der Waals surface area (Å²) in [5, 5.41) is 15.4. The third kappa shape index (κ3) is 4.26. The fraction of sp³-hybridized carbons (Fsp3) is 0.136. The Bertz CT molecular complexity index is 1020. The van der Waals surface area contributed by atoms with Crippen LogP contribution in [0.2, 0.25) is 10.0 Å². The summed E-state index contributed by atoms with van der Waals surface area (Å²) < 4.78 is 0.917. The van der Waals surface area contributed by atoms with E-state index in [4.69, 9.17) is 28.2 Å². The van der Waals surface area contributed by atoms with Gasteiger partial charge in [-0.25, -0.2) is 0 Å². The highest BCUT2D eigenvalue weighted by Crippen LogP contribution is 2.36. The molecule has 1 aliphatic rings. The lowest BCUT2D eigenvalue weighted by molar-refractivity contribution is 0.412. The predicted octanol–water partition coefficient (Wildman–Crippen LogP) is 6.68. The predicted molar refractivity (Wildman–Crippen MR) is 118 cm³/mol. The van der Waals surface area contributed by atoms with Crippen molar-refractivity contribution < 1.29 is 5.11 Å². The van der Waals surface area contributed by atoms with Crippen LogP contribution in [0.1, 0.15) is 35.3 Å². The zero-order chi connectivity index (χ0) is 19.7. The topological polar surface area (TPSA) is 44.6 Å². The molecule has 6 heteroatoms. The van der Waals surface area contributed by atoms with Gasteiger partial charge >= 0.3 is 0 Å². The summed E-state index contributed by atoms with van der Waals surface area (Å²) in [6.07, 6.45) is 0.399. The van der Waals surface area contributed by atoms with Crippen LogP contribution in [0.4, 0.5) is 0 Å². The molecule has 3 nitrogen and oxygen atoms in total. The smallest absolute Gasteiger partial charge is 0.126 e. The van der Waals surface area contributed by atoms with Gasteiger partial charge in [0, 0.05) is 38.3 Å². The van der Waals surface area contributed by atoms with Crippen molar-refractivity contribution in [1.29, 1.82) is 0 Å². The van der Waals surface area contributed by atoms with E-state index in [-0.39, 0.29) is 18.0 Å². The summed E-state index contributed by atoms with van der Waals surface area (Å²) in [4.78, 5) is 4.94. The average molecular weight is 476 g/mol. The molecule has 3 aromatic rings. The van der Waals surface area contributed by atoms with Gasteiger partial charge in [-0.2, -0.15) is 0 Å². The van der Waals surface area contributed by atoms with E-state index in [2.05, 4.69) is 21.2 Å². The van der Waals surface area contributed by atoms with E-state index in [1.807, 2.05) is 60.7 Å². The van der Waals surface area contributed by atoms with Crippen LogP contribution in [0.15, 0.2) is 76.2 Å². The molecule has 0 saturated heterocycles. The fourth-order valence-corrected chi connectivity index (χ4v) is 3.97. The molecule has 0 aromatic heterocycles. The van der Waals surface area contributed by atoms with Crippen molar-refractivity contribution in [2.45, 2.75) is 18.6 Å². The largest absolute Gasteiger partial charge is 0.508 e. The first-order valence-corrected chi connectivity index (χ1v) is 10.4. The molecule has 0 fully saturated rings. The second-order valence-corrected chi connectivity index (χ2v) is 8.45. The van der Waals surface area contributed by atoms with Gasteiger partial charge in [0.15, 0.2) is 0 Å². The Kier molecular flexibility index (Phi) is 5.74. The molecule has 28 heavy (non-hydrogen) atoms. The molecule has 4 rings (SSSR count). The molecule has 0 aliphatic carbocycles. The lowest BCUT2D eigenvalue weighted by atomic mass is 9.93. The van der Waals surface area contributed by atoms with Gasteiger partial charge in [0.1, 0.15) is 11.9 Å². The molecule has 0 radical (unpaired) electrons. The molecule has 0 bridgehead atoms. The van der Waals surface area contributed by atoms with Gasteiger partial charge in [-0.15, -0.1) is 0 Å². The van der Waals surface area contributed by atoms with Crippen LogP contribution in [0.3, 0.4) is 0 Å². The van der Waals surface area contributed by atoms with E-state index in [0.29, 0.717) is 16.5 Å².